The predicted molar refractivity (Wildman–Crippen MR) is 300 cm³/mol. The summed E-state index contributed by atoms with van der Waals surface area (Å²) in [5, 5.41) is 0. The second-order valence-electron chi connectivity index (χ2n) is 20.9. The van der Waals surface area contributed by atoms with E-state index in [-0.39, 0.29) is 0 Å². The minimum absolute atomic E-state index is 0.456. The number of ether oxygens (including phenoxy) is 1. The Morgan fingerprint density at radius 2 is 0.514 bits per heavy atom. The number of rotatable bonds is 11. The van der Waals surface area contributed by atoms with Crippen LogP contribution >= 0.6 is 0 Å². The topological polar surface area (TPSA) is 12.5 Å². The Bertz CT molecular complexity index is 2970. The van der Waals surface area contributed by atoms with Crippen LogP contribution in [-0.4, -0.2) is 0 Å². The molecule has 0 saturated carbocycles. The van der Waals surface area contributed by atoms with E-state index >= 15 is 0 Å². The van der Waals surface area contributed by atoms with Gasteiger partial charge in [-0.3, -0.25) is 0 Å². The second-order valence-corrected chi connectivity index (χ2v) is 20.9. The fourth-order valence-corrected chi connectivity index (χ4v) is 9.87. The summed E-state index contributed by atoms with van der Waals surface area (Å²) in [5.74, 6) is 3.52. The number of aryl methyl sites for hydroxylation is 2. The molecular formula is C68H65NO. The van der Waals surface area contributed by atoms with Crippen LogP contribution in [0.25, 0.3) is 66.8 Å². The van der Waals surface area contributed by atoms with E-state index in [2.05, 4.69) is 262 Å². The SMILES string of the molecule is Cc1ccc2c(c1)Oc1cc(C)ccc1N2c1cc(-c2cc(-c3ccc(C(C)C)cc3)cc(-c3ccc(C(C)C)cc3)c2)cc(-c2cc(-c3ccc(C(C)C)cc3)cc(-c3ccc(C(C)C)cc3)c2)c1. The average molecular weight is 912 g/mol. The monoisotopic (exact) mass is 912 g/mol. The van der Waals surface area contributed by atoms with Gasteiger partial charge in [0.1, 0.15) is 0 Å². The fourth-order valence-electron chi connectivity index (χ4n) is 9.87. The summed E-state index contributed by atoms with van der Waals surface area (Å²) in [6.07, 6.45) is 0. The zero-order valence-corrected chi connectivity index (χ0v) is 42.6. The molecule has 0 bridgehead atoms. The molecule has 0 fully saturated rings. The average Bonchev–Trinajstić information content (AvgIpc) is 3.37. The van der Waals surface area contributed by atoms with Crippen LogP contribution in [0.1, 0.15) is 112 Å². The molecule has 0 amide bonds. The summed E-state index contributed by atoms with van der Waals surface area (Å²) in [4.78, 5) is 2.40. The molecule has 0 radical (unpaired) electrons. The number of fused-ring (bicyclic) bond motifs is 2. The Morgan fingerprint density at radius 3 is 0.771 bits per heavy atom. The molecule has 0 atom stereocenters. The molecule has 0 saturated heterocycles. The molecule has 348 valence electrons. The highest BCUT2D eigenvalue weighted by Crippen LogP contribution is 2.52. The van der Waals surface area contributed by atoms with Crippen LogP contribution in [0.15, 0.2) is 188 Å². The molecule has 0 aromatic heterocycles. The molecule has 9 aromatic rings. The fraction of sp³-hybridized carbons (Fsp3) is 0.206. The third-order valence-electron chi connectivity index (χ3n) is 14.3. The van der Waals surface area contributed by atoms with Crippen LogP contribution in [-0.2, 0) is 0 Å². The molecule has 2 heteroatoms. The van der Waals surface area contributed by atoms with Gasteiger partial charge in [0.05, 0.1) is 11.4 Å². The first kappa shape index (κ1) is 46.3. The van der Waals surface area contributed by atoms with Crippen molar-refractivity contribution >= 4 is 17.1 Å². The number of hydrogen-bond donors (Lipinski definition) is 0. The maximum atomic E-state index is 6.73. The Labute approximate surface area is 417 Å². The summed E-state index contributed by atoms with van der Waals surface area (Å²) < 4.78 is 6.73. The molecule has 1 aliphatic rings. The minimum Gasteiger partial charge on any atom is -0.453 e. The Balaban J connectivity index is 1.24. The first-order valence-electron chi connectivity index (χ1n) is 25.3. The van der Waals surface area contributed by atoms with Crippen LogP contribution in [0.4, 0.5) is 17.1 Å². The summed E-state index contributed by atoms with van der Waals surface area (Å²) >= 11 is 0. The van der Waals surface area contributed by atoms with E-state index in [0.717, 1.165) is 61.9 Å². The van der Waals surface area contributed by atoms with Crippen molar-refractivity contribution in [3.63, 3.8) is 0 Å². The number of anilines is 3. The highest BCUT2D eigenvalue weighted by atomic mass is 16.5. The quantitative estimate of drug-likeness (QED) is 0.128. The first-order chi connectivity index (χ1) is 33.7. The predicted octanol–water partition coefficient (Wildman–Crippen LogP) is 20.4. The highest BCUT2D eigenvalue weighted by molar-refractivity contribution is 5.93. The van der Waals surface area contributed by atoms with Crippen molar-refractivity contribution in [3.05, 3.63) is 221 Å². The molecule has 2 nitrogen and oxygen atoms in total. The standard InChI is InChI=1S/C68H65NO/c1-42(2)48-13-21-52(22-14-48)56-33-57(53-23-15-49(16-24-53)43(3)4)36-60(35-56)62-39-63(41-64(40-62)69-65-29-11-46(9)31-67(65)70-68-32-47(10)12-30-66(68)69)61-37-58(54-25-17-50(18-26-54)44(5)6)34-59(38-61)55-27-19-51(20-28-55)45(7)8/h11-45H,1-10H3. The first-order valence-corrected chi connectivity index (χ1v) is 25.3. The lowest BCUT2D eigenvalue weighted by molar-refractivity contribution is 0.476. The van der Waals surface area contributed by atoms with Gasteiger partial charge in [-0.25, -0.2) is 0 Å². The van der Waals surface area contributed by atoms with E-state index in [1.807, 2.05) is 0 Å². The Kier molecular flexibility index (Phi) is 12.7. The normalized spacial score (nSPS) is 12.2. The summed E-state index contributed by atoms with van der Waals surface area (Å²) in [6, 6.07) is 71.3. The van der Waals surface area contributed by atoms with E-state index in [9.17, 15) is 0 Å². The highest BCUT2D eigenvalue weighted by Gasteiger charge is 2.27. The minimum atomic E-state index is 0.456. The molecule has 9 aromatic carbocycles. The number of hydrogen-bond acceptors (Lipinski definition) is 2. The molecule has 1 heterocycles. The van der Waals surface area contributed by atoms with E-state index in [1.165, 1.54) is 66.8 Å². The van der Waals surface area contributed by atoms with Crippen molar-refractivity contribution in [1.29, 1.82) is 0 Å². The van der Waals surface area contributed by atoms with Crippen molar-refractivity contribution in [2.24, 2.45) is 0 Å². The lowest BCUT2D eigenvalue weighted by Gasteiger charge is -2.34. The van der Waals surface area contributed by atoms with Gasteiger partial charge in [-0.2, -0.15) is 0 Å². The van der Waals surface area contributed by atoms with Crippen molar-refractivity contribution < 1.29 is 4.74 Å². The van der Waals surface area contributed by atoms with E-state index < -0.39 is 0 Å². The lowest BCUT2D eigenvalue weighted by Crippen LogP contribution is -2.16. The van der Waals surface area contributed by atoms with Gasteiger partial charge in [0.2, 0.25) is 0 Å². The largest absolute Gasteiger partial charge is 0.453 e. The van der Waals surface area contributed by atoms with Crippen molar-refractivity contribution in [2.75, 3.05) is 4.90 Å². The molecule has 0 N–H and O–H groups in total. The third kappa shape index (κ3) is 9.48. The Hall–Kier alpha value is -7.42. The van der Waals surface area contributed by atoms with Gasteiger partial charge in [0, 0.05) is 5.69 Å². The van der Waals surface area contributed by atoms with Gasteiger partial charge in [0.25, 0.3) is 0 Å². The van der Waals surface area contributed by atoms with Crippen LogP contribution in [0.2, 0.25) is 0 Å². The van der Waals surface area contributed by atoms with Crippen LogP contribution < -0.4 is 9.64 Å². The number of benzene rings is 9. The van der Waals surface area contributed by atoms with Gasteiger partial charge in [-0.15, -0.1) is 0 Å². The molecule has 1 aliphatic heterocycles. The third-order valence-corrected chi connectivity index (χ3v) is 14.3. The summed E-state index contributed by atoms with van der Waals surface area (Å²) in [6.45, 7) is 22.3. The number of nitrogens with zero attached hydrogens (tertiary/aromatic N) is 1. The van der Waals surface area contributed by atoms with Gasteiger partial charge in [-0.05, 0) is 217 Å². The second kappa shape index (κ2) is 19.2. The summed E-state index contributed by atoms with van der Waals surface area (Å²) in [5.41, 5.74) is 24.9. The smallest absolute Gasteiger partial charge is 0.151 e. The van der Waals surface area contributed by atoms with Gasteiger partial charge < -0.3 is 9.64 Å². The molecule has 0 spiro atoms. The van der Waals surface area contributed by atoms with E-state index in [1.54, 1.807) is 0 Å². The van der Waals surface area contributed by atoms with Crippen molar-refractivity contribution in [2.45, 2.75) is 92.9 Å². The Morgan fingerprint density at radius 1 is 0.271 bits per heavy atom. The van der Waals surface area contributed by atoms with Gasteiger partial charge in [0.15, 0.2) is 11.5 Å². The molecule has 10 rings (SSSR count). The molecule has 0 unspecified atom stereocenters. The van der Waals surface area contributed by atoms with Crippen LogP contribution in [0, 0.1) is 13.8 Å². The van der Waals surface area contributed by atoms with Crippen LogP contribution in [0.5, 0.6) is 11.5 Å². The van der Waals surface area contributed by atoms with Gasteiger partial charge in [-0.1, -0.05) is 165 Å². The summed E-state index contributed by atoms with van der Waals surface area (Å²) in [7, 11) is 0. The molecule has 70 heavy (non-hydrogen) atoms. The maximum absolute atomic E-state index is 6.73. The van der Waals surface area contributed by atoms with E-state index in [4.69, 9.17) is 4.74 Å². The van der Waals surface area contributed by atoms with Crippen molar-refractivity contribution in [3.8, 4) is 78.3 Å². The zero-order valence-electron chi connectivity index (χ0n) is 42.6. The zero-order chi connectivity index (χ0) is 48.8. The van der Waals surface area contributed by atoms with Crippen LogP contribution in [0.3, 0.4) is 0 Å². The van der Waals surface area contributed by atoms with Crippen molar-refractivity contribution in [1.82, 2.24) is 0 Å². The van der Waals surface area contributed by atoms with E-state index in [0.29, 0.717) is 23.7 Å². The lowest BCUT2D eigenvalue weighted by atomic mass is 9.88. The molecule has 0 aliphatic carbocycles. The molecular weight excluding hydrogens is 847 g/mol. The van der Waals surface area contributed by atoms with Gasteiger partial charge >= 0.3 is 0 Å². The maximum Gasteiger partial charge on any atom is 0.151 e.